The number of hydrogen-bond donors (Lipinski definition) is 2. The summed E-state index contributed by atoms with van der Waals surface area (Å²) in [5.74, 6) is 0.205. The van der Waals surface area contributed by atoms with Crippen molar-refractivity contribution in [3.8, 4) is 0 Å². The largest absolute Gasteiger partial charge is 0.327 e. The van der Waals surface area contributed by atoms with Crippen LogP contribution in [-0.2, 0) is 17.8 Å². The van der Waals surface area contributed by atoms with Crippen molar-refractivity contribution in [2.24, 2.45) is 5.92 Å². The van der Waals surface area contributed by atoms with Crippen LogP contribution in [0.1, 0.15) is 47.0 Å². The number of hydrogen-bond acceptors (Lipinski definition) is 4. The van der Waals surface area contributed by atoms with Gasteiger partial charge < -0.3 is 15.5 Å². The van der Waals surface area contributed by atoms with Gasteiger partial charge in [0.1, 0.15) is 0 Å². The Morgan fingerprint density at radius 3 is 2.25 bits per heavy atom. The summed E-state index contributed by atoms with van der Waals surface area (Å²) >= 11 is 1.48. The van der Waals surface area contributed by atoms with Crippen LogP contribution >= 0.6 is 11.3 Å². The summed E-state index contributed by atoms with van der Waals surface area (Å²) in [5, 5.41) is 6.84. The van der Waals surface area contributed by atoms with Crippen LogP contribution in [0.15, 0.2) is 60.7 Å². The number of aromatic nitrogens is 1. The number of amides is 3. The molecule has 7 heteroatoms. The summed E-state index contributed by atoms with van der Waals surface area (Å²) in [6.07, 6.45) is 3.76. The highest BCUT2D eigenvalue weighted by Gasteiger charge is 2.29. The van der Waals surface area contributed by atoms with E-state index in [-0.39, 0.29) is 23.9 Å². The zero-order valence-electron chi connectivity index (χ0n) is 17.8. The van der Waals surface area contributed by atoms with Gasteiger partial charge in [-0.3, -0.25) is 4.79 Å². The Hall–Kier alpha value is -3.19. The van der Waals surface area contributed by atoms with Gasteiger partial charge in [0.2, 0.25) is 5.91 Å². The highest BCUT2D eigenvalue weighted by molar-refractivity contribution is 7.15. The van der Waals surface area contributed by atoms with Crippen LogP contribution in [0, 0.1) is 5.92 Å². The molecule has 32 heavy (non-hydrogen) atoms. The lowest BCUT2D eigenvalue weighted by atomic mass is 9.85. The van der Waals surface area contributed by atoms with Crippen molar-refractivity contribution in [1.29, 1.82) is 0 Å². The highest BCUT2D eigenvalue weighted by Crippen LogP contribution is 2.32. The molecule has 0 spiro atoms. The van der Waals surface area contributed by atoms with Crippen LogP contribution in [0.3, 0.4) is 0 Å². The van der Waals surface area contributed by atoms with Crippen molar-refractivity contribution >= 4 is 28.4 Å². The van der Waals surface area contributed by atoms with Crippen molar-refractivity contribution in [3.05, 3.63) is 82.4 Å². The maximum absolute atomic E-state index is 13.2. The Morgan fingerprint density at radius 2 is 1.66 bits per heavy atom. The molecule has 2 aromatic carbocycles. The van der Waals surface area contributed by atoms with E-state index in [2.05, 4.69) is 15.6 Å². The van der Waals surface area contributed by atoms with Crippen molar-refractivity contribution in [2.45, 2.75) is 38.3 Å². The van der Waals surface area contributed by atoms with E-state index in [0.29, 0.717) is 24.6 Å². The molecule has 0 saturated heterocycles. The van der Waals surface area contributed by atoms with Crippen LogP contribution in [0.25, 0.3) is 0 Å². The Balaban J connectivity index is 1.28. The fourth-order valence-corrected chi connectivity index (χ4v) is 5.19. The molecule has 3 amide bonds. The summed E-state index contributed by atoms with van der Waals surface area (Å²) in [5.41, 5.74) is 3.08. The van der Waals surface area contributed by atoms with E-state index < -0.39 is 0 Å². The molecule has 2 heterocycles. The standard InChI is InChI=1S/C25H26N4O2S/c30-23(19-12-7-13-19)28-24-26-20-14-15-29(16-21(20)32-24)25(31)27-22(17-8-3-1-4-9-17)18-10-5-2-6-11-18/h1-6,8-11,19,22H,7,12-16H2,(H,27,31)(H,26,28,30). The molecule has 1 aliphatic carbocycles. The van der Waals surface area contributed by atoms with E-state index in [1.54, 1.807) is 0 Å². The molecular weight excluding hydrogens is 420 g/mol. The van der Waals surface area contributed by atoms with E-state index in [9.17, 15) is 9.59 Å². The molecule has 1 saturated carbocycles. The number of carbonyl (C=O) groups is 2. The number of anilines is 1. The predicted octanol–water partition coefficient (Wildman–Crippen LogP) is 4.74. The third-order valence-electron chi connectivity index (χ3n) is 6.26. The lowest BCUT2D eigenvalue weighted by Crippen LogP contribution is -2.44. The van der Waals surface area contributed by atoms with Gasteiger partial charge in [-0.15, -0.1) is 0 Å². The quantitative estimate of drug-likeness (QED) is 0.595. The number of nitrogens with one attached hydrogen (secondary N) is 2. The SMILES string of the molecule is O=C(Nc1nc2c(s1)CN(C(=O)NC(c1ccccc1)c1ccccc1)CC2)C1CCC1. The van der Waals surface area contributed by atoms with Gasteiger partial charge in [-0.2, -0.15) is 0 Å². The van der Waals surface area contributed by atoms with Gasteiger partial charge in [-0.05, 0) is 24.0 Å². The van der Waals surface area contributed by atoms with Gasteiger partial charge >= 0.3 is 6.03 Å². The minimum atomic E-state index is -0.218. The fraction of sp³-hybridized carbons (Fsp3) is 0.320. The van der Waals surface area contributed by atoms with Crippen LogP contribution < -0.4 is 10.6 Å². The van der Waals surface area contributed by atoms with Gasteiger partial charge in [0.05, 0.1) is 18.3 Å². The maximum Gasteiger partial charge on any atom is 0.318 e. The van der Waals surface area contributed by atoms with Gasteiger partial charge in [0.25, 0.3) is 0 Å². The molecule has 164 valence electrons. The minimum absolute atomic E-state index is 0.0745. The van der Waals surface area contributed by atoms with Crippen LogP contribution in [0.5, 0.6) is 0 Å². The summed E-state index contributed by atoms with van der Waals surface area (Å²) in [7, 11) is 0. The van der Waals surface area contributed by atoms with E-state index in [1.807, 2.05) is 65.6 Å². The second-order valence-corrected chi connectivity index (χ2v) is 9.47. The number of fused-ring (bicyclic) bond motifs is 1. The maximum atomic E-state index is 13.2. The first-order valence-corrected chi connectivity index (χ1v) is 11.9. The second kappa shape index (κ2) is 9.12. The number of carbonyl (C=O) groups excluding carboxylic acids is 2. The van der Waals surface area contributed by atoms with Crippen molar-refractivity contribution in [3.63, 3.8) is 0 Å². The average Bonchev–Trinajstić information content (AvgIpc) is 3.18. The lowest BCUT2D eigenvalue weighted by Gasteiger charge is -2.29. The summed E-state index contributed by atoms with van der Waals surface area (Å²) < 4.78 is 0. The average molecular weight is 447 g/mol. The fourth-order valence-electron chi connectivity index (χ4n) is 4.17. The Kier molecular flexibility index (Phi) is 5.90. The molecule has 2 N–H and O–H groups in total. The number of nitrogens with zero attached hydrogens (tertiary/aromatic N) is 2. The van der Waals surface area contributed by atoms with E-state index in [0.717, 1.165) is 41.0 Å². The van der Waals surface area contributed by atoms with Crippen LogP contribution in [0.4, 0.5) is 9.93 Å². The Labute approximate surface area is 191 Å². The van der Waals surface area contributed by atoms with Gasteiger partial charge in [-0.25, -0.2) is 9.78 Å². The molecule has 0 atom stereocenters. The van der Waals surface area contributed by atoms with E-state index in [4.69, 9.17) is 0 Å². The van der Waals surface area contributed by atoms with Gasteiger partial charge in [-0.1, -0.05) is 78.4 Å². The third kappa shape index (κ3) is 4.39. The molecule has 0 bridgehead atoms. The van der Waals surface area contributed by atoms with E-state index in [1.165, 1.54) is 11.3 Å². The molecule has 0 unspecified atom stereocenters. The molecule has 6 nitrogen and oxygen atoms in total. The zero-order valence-corrected chi connectivity index (χ0v) is 18.6. The lowest BCUT2D eigenvalue weighted by molar-refractivity contribution is -0.122. The topological polar surface area (TPSA) is 74.3 Å². The first-order valence-electron chi connectivity index (χ1n) is 11.1. The molecule has 1 fully saturated rings. The van der Waals surface area contributed by atoms with Crippen LogP contribution in [0.2, 0.25) is 0 Å². The van der Waals surface area contributed by atoms with Crippen molar-refractivity contribution in [1.82, 2.24) is 15.2 Å². The van der Waals surface area contributed by atoms with Crippen molar-refractivity contribution in [2.75, 3.05) is 11.9 Å². The number of benzene rings is 2. The summed E-state index contributed by atoms with van der Waals surface area (Å²) in [6, 6.07) is 19.7. The predicted molar refractivity (Wildman–Crippen MR) is 125 cm³/mol. The first kappa shape index (κ1) is 20.7. The number of rotatable bonds is 5. The smallest absolute Gasteiger partial charge is 0.318 e. The summed E-state index contributed by atoms with van der Waals surface area (Å²) in [6.45, 7) is 1.11. The Morgan fingerprint density at radius 1 is 1.00 bits per heavy atom. The van der Waals surface area contributed by atoms with E-state index >= 15 is 0 Å². The summed E-state index contributed by atoms with van der Waals surface area (Å²) in [4.78, 5) is 33.0. The molecule has 5 rings (SSSR count). The van der Waals surface area contributed by atoms with Gasteiger partial charge in [0.15, 0.2) is 5.13 Å². The number of thiazole rings is 1. The molecular formula is C25H26N4O2S. The first-order chi connectivity index (χ1) is 15.7. The minimum Gasteiger partial charge on any atom is -0.327 e. The molecule has 1 aliphatic heterocycles. The number of urea groups is 1. The molecule has 1 aromatic heterocycles. The zero-order chi connectivity index (χ0) is 21.9. The molecule has 2 aliphatic rings. The molecule has 0 radical (unpaired) electrons. The monoisotopic (exact) mass is 446 g/mol. The van der Waals surface area contributed by atoms with Gasteiger partial charge in [0, 0.05) is 23.8 Å². The normalized spacial score (nSPS) is 15.7. The molecule has 3 aromatic rings. The second-order valence-electron chi connectivity index (χ2n) is 8.38. The highest BCUT2D eigenvalue weighted by atomic mass is 32.1. The van der Waals surface area contributed by atoms with Crippen LogP contribution in [-0.4, -0.2) is 28.4 Å². The third-order valence-corrected chi connectivity index (χ3v) is 7.26. The Bertz CT molecular complexity index is 1060. The van der Waals surface area contributed by atoms with Crippen molar-refractivity contribution < 1.29 is 9.59 Å².